The Hall–Kier alpha value is -4.46. The number of nitriles is 1. The molecule has 2 saturated heterocycles. The molecule has 10 nitrogen and oxygen atoms in total. The molecule has 0 bridgehead atoms. The zero-order valence-corrected chi connectivity index (χ0v) is 25.9. The first-order valence-corrected chi connectivity index (χ1v) is 16.2. The van der Waals surface area contributed by atoms with Crippen LogP contribution in [0.1, 0.15) is 76.6 Å². The molecule has 0 radical (unpaired) electrons. The van der Waals surface area contributed by atoms with Gasteiger partial charge in [-0.1, -0.05) is 12.1 Å². The van der Waals surface area contributed by atoms with Crippen LogP contribution in [0.2, 0.25) is 0 Å². The van der Waals surface area contributed by atoms with E-state index in [4.69, 9.17) is 24.2 Å². The lowest BCUT2D eigenvalue weighted by Crippen LogP contribution is -2.37. The normalized spacial score (nSPS) is 23.7. The van der Waals surface area contributed by atoms with E-state index in [1.54, 1.807) is 25.3 Å². The first-order valence-electron chi connectivity index (χ1n) is 16.2. The number of methoxy groups -OCH3 is 1. The average molecular weight is 620 g/mol. The van der Waals surface area contributed by atoms with Gasteiger partial charge in [-0.15, -0.1) is 0 Å². The van der Waals surface area contributed by atoms with Gasteiger partial charge in [-0.05, 0) is 86.4 Å². The lowest BCUT2D eigenvalue weighted by Gasteiger charge is -2.32. The van der Waals surface area contributed by atoms with Gasteiger partial charge in [-0.2, -0.15) is 5.26 Å². The number of carbonyl (C=O) groups is 1. The molecule has 4 heterocycles. The summed E-state index contributed by atoms with van der Waals surface area (Å²) in [6, 6.07) is 17.2. The Morgan fingerprint density at radius 3 is 2.76 bits per heavy atom. The Balaban J connectivity index is 0.987. The number of carboxylic acids is 1. The minimum Gasteiger partial charge on any atom is -0.496 e. The van der Waals surface area contributed by atoms with Gasteiger partial charge in [0.05, 0.1) is 60.2 Å². The van der Waals surface area contributed by atoms with E-state index in [-0.39, 0.29) is 11.5 Å². The van der Waals surface area contributed by atoms with Gasteiger partial charge in [0.1, 0.15) is 18.2 Å². The monoisotopic (exact) mass is 619 g/mol. The molecule has 2 aliphatic carbocycles. The van der Waals surface area contributed by atoms with Crippen molar-refractivity contribution >= 4 is 17.0 Å². The number of hydrogen-bond donors (Lipinski definition) is 1. The topological polar surface area (TPSA) is 123 Å². The fraction of sp³-hybridized carbons (Fsp3) is 0.444. The van der Waals surface area contributed by atoms with Gasteiger partial charge in [0, 0.05) is 30.2 Å². The summed E-state index contributed by atoms with van der Waals surface area (Å²) in [6.07, 6.45) is 5.45. The summed E-state index contributed by atoms with van der Waals surface area (Å²) >= 11 is 0. The number of aromatic nitrogens is 3. The van der Waals surface area contributed by atoms with Gasteiger partial charge in [-0.3, -0.25) is 4.90 Å². The lowest BCUT2D eigenvalue weighted by molar-refractivity contribution is -0.0592. The van der Waals surface area contributed by atoms with Crippen LogP contribution >= 0.6 is 0 Å². The number of likely N-dealkylation sites (tertiary alicyclic amines) is 1. The van der Waals surface area contributed by atoms with E-state index in [2.05, 4.69) is 21.6 Å². The standard InChI is InChI=1S/C36H37N5O5/c1-44-30-13-22(17-37)5-6-24(30)21-46-33-4-2-3-31(38-33)36-10-11-40(18-26(36)16-36)20-32-39-34-28(23-7-8-23)14-25(35(42)43)15-29(34)41(32)19-27-9-12-45-27/h2-6,13-15,23,26-27H,7-12,16,18-21H2,1H3,(H,42,43). The molecule has 3 atom stereocenters. The van der Waals surface area contributed by atoms with Crippen LogP contribution in [-0.2, 0) is 29.8 Å². The smallest absolute Gasteiger partial charge is 0.335 e. The Kier molecular flexibility index (Phi) is 7.19. The number of piperidine rings is 1. The van der Waals surface area contributed by atoms with Crippen LogP contribution in [0.4, 0.5) is 0 Å². The number of imidazole rings is 1. The molecule has 1 N–H and O–H groups in total. The van der Waals surface area contributed by atoms with E-state index in [0.29, 0.717) is 47.7 Å². The van der Waals surface area contributed by atoms with Gasteiger partial charge in [-0.25, -0.2) is 14.8 Å². The summed E-state index contributed by atoms with van der Waals surface area (Å²) in [5.41, 5.74) is 5.86. The van der Waals surface area contributed by atoms with Crippen LogP contribution in [-0.4, -0.2) is 63.4 Å². The molecule has 10 heteroatoms. The maximum absolute atomic E-state index is 12.0. The summed E-state index contributed by atoms with van der Waals surface area (Å²) in [7, 11) is 1.59. The van der Waals surface area contributed by atoms with Gasteiger partial charge in [0.15, 0.2) is 0 Å². The van der Waals surface area contributed by atoms with E-state index >= 15 is 0 Å². The number of hydrogen-bond acceptors (Lipinski definition) is 8. The molecule has 3 unspecified atom stereocenters. The third-order valence-electron chi connectivity index (χ3n) is 10.4. The van der Waals surface area contributed by atoms with Crippen LogP contribution in [0.3, 0.4) is 0 Å². The number of benzene rings is 2. The molecule has 4 aromatic rings. The van der Waals surface area contributed by atoms with Crippen molar-refractivity contribution in [2.45, 2.75) is 69.2 Å². The SMILES string of the molecule is COc1cc(C#N)ccc1COc1cccc(C23CCN(Cc4nc5c(C6CC6)cc(C(=O)O)cc5n4CC4CCO4)CC2C3)n1. The Morgan fingerprint density at radius 1 is 1.17 bits per heavy atom. The number of carboxylic acid groups (broad SMARTS) is 1. The molecule has 236 valence electrons. The van der Waals surface area contributed by atoms with Crippen molar-refractivity contribution in [3.05, 3.63) is 82.3 Å². The van der Waals surface area contributed by atoms with Crippen LogP contribution in [0, 0.1) is 17.2 Å². The van der Waals surface area contributed by atoms with Crippen molar-refractivity contribution in [1.82, 2.24) is 19.4 Å². The van der Waals surface area contributed by atoms with E-state index in [0.717, 1.165) is 92.0 Å². The molecule has 4 aliphatic rings. The molecule has 2 saturated carbocycles. The second kappa shape index (κ2) is 11.4. The molecule has 4 fully saturated rings. The third-order valence-corrected chi connectivity index (χ3v) is 10.4. The summed E-state index contributed by atoms with van der Waals surface area (Å²) in [4.78, 5) is 24.7. The summed E-state index contributed by atoms with van der Waals surface area (Å²) in [6.45, 7) is 4.41. The number of nitrogens with zero attached hydrogens (tertiary/aromatic N) is 5. The van der Waals surface area contributed by atoms with Crippen molar-refractivity contribution in [2.75, 3.05) is 26.8 Å². The van der Waals surface area contributed by atoms with Crippen LogP contribution < -0.4 is 9.47 Å². The average Bonchev–Trinajstić information content (AvgIpc) is 3.98. The Labute approximate surface area is 267 Å². The van der Waals surface area contributed by atoms with Crippen molar-refractivity contribution in [3.8, 4) is 17.7 Å². The van der Waals surface area contributed by atoms with Crippen LogP contribution in [0.25, 0.3) is 11.0 Å². The van der Waals surface area contributed by atoms with E-state index in [1.165, 1.54) is 0 Å². The van der Waals surface area contributed by atoms with Gasteiger partial charge in [0.2, 0.25) is 5.88 Å². The largest absolute Gasteiger partial charge is 0.496 e. The van der Waals surface area contributed by atoms with Crippen LogP contribution in [0.5, 0.6) is 11.6 Å². The first-order chi connectivity index (χ1) is 22.4. The van der Waals surface area contributed by atoms with Crippen molar-refractivity contribution in [1.29, 1.82) is 5.26 Å². The molecule has 46 heavy (non-hydrogen) atoms. The van der Waals surface area contributed by atoms with Crippen molar-refractivity contribution in [2.24, 2.45) is 5.92 Å². The van der Waals surface area contributed by atoms with Crippen molar-refractivity contribution in [3.63, 3.8) is 0 Å². The summed E-state index contributed by atoms with van der Waals surface area (Å²) in [5, 5.41) is 19.1. The number of aromatic carboxylic acids is 1. The maximum Gasteiger partial charge on any atom is 0.335 e. The minimum absolute atomic E-state index is 0.0669. The summed E-state index contributed by atoms with van der Waals surface area (Å²) in [5.74, 6) is 2.23. The zero-order chi connectivity index (χ0) is 31.4. The Morgan fingerprint density at radius 2 is 2.04 bits per heavy atom. The number of rotatable bonds is 11. The summed E-state index contributed by atoms with van der Waals surface area (Å²) < 4.78 is 19.6. The zero-order valence-electron chi connectivity index (χ0n) is 25.9. The Bertz CT molecular complexity index is 1870. The third kappa shape index (κ3) is 5.27. The number of fused-ring (bicyclic) bond motifs is 2. The van der Waals surface area contributed by atoms with E-state index in [9.17, 15) is 15.2 Å². The molecular formula is C36H37N5O5. The highest BCUT2D eigenvalue weighted by molar-refractivity contribution is 5.94. The molecule has 0 amide bonds. The van der Waals surface area contributed by atoms with Crippen LogP contribution in [0.15, 0.2) is 48.5 Å². The highest BCUT2D eigenvalue weighted by Crippen LogP contribution is 2.59. The fourth-order valence-corrected chi connectivity index (χ4v) is 7.41. The molecule has 2 aromatic heterocycles. The van der Waals surface area contributed by atoms with Gasteiger partial charge >= 0.3 is 5.97 Å². The first kappa shape index (κ1) is 29.0. The quantitative estimate of drug-likeness (QED) is 0.235. The van der Waals surface area contributed by atoms with Crippen molar-refractivity contribution < 1.29 is 24.1 Å². The molecule has 0 spiro atoms. The molecular weight excluding hydrogens is 582 g/mol. The predicted molar refractivity (Wildman–Crippen MR) is 169 cm³/mol. The van der Waals surface area contributed by atoms with Gasteiger partial charge in [0.25, 0.3) is 0 Å². The molecule has 2 aromatic carbocycles. The van der Waals surface area contributed by atoms with Gasteiger partial charge < -0.3 is 23.9 Å². The molecule has 8 rings (SSSR count). The lowest BCUT2D eigenvalue weighted by atomic mass is 9.91. The van der Waals surface area contributed by atoms with E-state index < -0.39 is 5.97 Å². The second-order valence-electron chi connectivity index (χ2n) is 13.3. The van der Waals surface area contributed by atoms with E-state index in [1.807, 2.05) is 24.3 Å². The maximum atomic E-state index is 12.0. The molecule has 2 aliphatic heterocycles. The number of pyridine rings is 1. The predicted octanol–water partition coefficient (Wildman–Crippen LogP) is 5.42. The highest BCUT2D eigenvalue weighted by Gasteiger charge is 2.58. The second-order valence-corrected chi connectivity index (χ2v) is 13.3. The number of ether oxygens (including phenoxy) is 3. The fourth-order valence-electron chi connectivity index (χ4n) is 7.41. The minimum atomic E-state index is -0.892. The highest BCUT2D eigenvalue weighted by atomic mass is 16.5.